The molecular formula is C17H10F3N3O2. The van der Waals surface area contributed by atoms with Crippen molar-refractivity contribution >= 4 is 22.6 Å². The lowest BCUT2D eigenvalue weighted by Crippen LogP contribution is -2.32. The van der Waals surface area contributed by atoms with Gasteiger partial charge in [0.05, 0.1) is 11.1 Å². The molecule has 0 fully saturated rings. The molecule has 3 rings (SSSR count). The highest BCUT2D eigenvalue weighted by Crippen LogP contribution is 2.31. The maximum Gasteiger partial charge on any atom is 0.417 e. The number of imide groups is 1. The van der Waals surface area contributed by atoms with Crippen LogP contribution in [-0.4, -0.2) is 21.8 Å². The lowest BCUT2D eigenvalue weighted by Gasteiger charge is -2.12. The fourth-order valence-electron chi connectivity index (χ4n) is 2.35. The van der Waals surface area contributed by atoms with Gasteiger partial charge in [-0.05, 0) is 17.5 Å². The second kappa shape index (κ2) is 6.31. The molecule has 2 amide bonds. The molecule has 8 heteroatoms. The Kier molecular flexibility index (Phi) is 4.18. The third-order valence-electron chi connectivity index (χ3n) is 3.49. The third-order valence-corrected chi connectivity index (χ3v) is 3.49. The van der Waals surface area contributed by atoms with E-state index < -0.39 is 29.1 Å². The number of alkyl halides is 3. The molecule has 0 atom stereocenters. The number of pyridine rings is 2. The molecule has 1 aromatic carbocycles. The number of nitrogens with zero attached hydrogens (tertiary/aromatic N) is 2. The molecule has 0 spiro atoms. The monoisotopic (exact) mass is 345 g/mol. The second-order valence-corrected chi connectivity index (χ2v) is 5.08. The average Bonchev–Trinajstić information content (AvgIpc) is 2.60. The number of carbonyl (C=O) groups excluding carboxylic acids is 2. The summed E-state index contributed by atoms with van der Waals surface area (Å²) in [5.74, 6) is -2.08. The van der Waals surface area contributed by atoms with E-state index in [-0.39, 0.29) is 5.69 Å². The first-order chi connectivity index (χ1) is 11.9. The molecule has 0 saturated heterocycles. The first kappa shape index (κ1) is 16.6. The maximum absolute atomic E-state index is 13.0. The molecule has 2 heterocycles. The van der Waals surface area contributed by atoms with Crippen molar-refractivity contribution in [1.82, 2.24) is 15.3 Å². The van der Waals surface area contributed by atoms with Crippen molar-refractivity contribution in [3.05, 3.63) is 71.8 Å². The van der Waals surface area contributed by atoms with Crippen LogP contribution < -0.4 is 5.32 Å². The second-order valence-electron chi connectivity index (χ2n) is 5.08. The smallest absolute Gasteiger partial charge is 0.287 e. The number of hydrogen-bond acceptors (Lipinski definition) is 4. The van der Waals surface area contributed by atoms with E-state index in [4.69, 9.17) is 0 Å². The van der Waals surface area contributed by atoms with Gasteiger partial charge in [0.25, 0.3) is 11.8 Å². The molecule has 0 radical (unpaired) electrons. The highest BCUT2D eigenvalue weighted by atomic mass is 19.4. The molecular weight excluding hydrogens is 335 g/mol. The SMILES string of the molecule is O=C(NC(=O)c1nccc2ccccc12)c1cnccc1C(F)(F)F. The normalized spacial score (nSPS) is 11.3. The molecule has 3 aromatic rings. The molecule has 0 unspecified atom stereocenters. The highest BCUT2D eigenvalue weighted by Gasteiger charge is 2.35. The van der Waals surface area contributed by atoms with E-state index in [0.29, 0.717) is 16.8 Å². The Bertz CT molecular complexity index is 965. The molecule has 126 valence electrons. The van der Waals surface area contributed by atoms with Crippen LogP contribution in [0.3, 0.4) is 0 Å². The number of aromatic nitrogens is 2. The van der Waals surface area contributed by atoms with Crippen molar-refractivity contribution in [2.24, 2.45) is 0 Å². The van der Waals surface area contributed by atoms with Gasteiger partial charge in [0.1, 0.15) is 5.69 Å². The van der Waals surface area contributed by atoms with E-state index in [2.05, 4.69) is 9.97 Å². The summed E-state index contributed by atoms with van der Waals surface area (Å²) < 4.78 is 38.9. The van der Waals surface area contributed by atoms with Crippen LogP contribution in [0.4, 0.5) is 13.2 Å². The molecule has 0 aliphatic carbocycles. The first-order valence-electron chi connectivity index (χ1n) is 7.08. The summed E-state index contributed by atoms with van der Waals surface area (Å²) in [5.41, 5.74) is -1.95. The lowest BCUT2D eigenvalue weighted by molar-refractivity contribution is -0.138. The summed E-state index contributed by atoms with van der Waals surface area (Å²) in [6.45, 7) is 0. The van der Waals surface area contributed by atoms with Gasteiger partial charge in [-0.2, -0.15) is 13.2 Å². The molecule has 0 saturated carbocycles. The molecule has 0 aliphatic rings. The Hall–Kier alpha value is -3.29. The van der Waals surface area contributed by atoms with Gasteiger partial charge in [-0.3, -0.25) is 24.9 Å². The van der Waals surface area contributed by atoms with Gasteiger partial charge < -0.3 is 0 Å². The van der Waals surface area contributed by atoms with Gasteiger partial charge >= 0.3 is 6.18 Å². The predicted octanol–water partition coefficient (Wildman–Crippen LogP) is 3.22. The van der Waals surface area contributed by atoms with Gasteiger partial charge in [-0.15, -0.1) is 0 Å². The molecule has 0 aliphatic heterocycles. The molecule has 0 bridgehead atoms. The van der Waals surface area contributed by atoms with Crippen LogP contribution in [0.25, 0.3) is 10.8 Å². The van der Waals surface area contributed by atoms with Crippen molar-refractivity contribution in [3.63, 3.8) is 0 Å². The van der Waals surface area contributed by atoms with Crippen LogP contribution in [-0.2, 0) is 6.18 Å². The fourth-order valence-corrected chi connectivity index (χ4v) is 2.35. The quantitative estimate of drug-likeness (QED) is 0.724. The van der Waals surface area contributed by atoms with E-state index in [1.54, 1.807) is 30.3 Å². The number of rotatable bonds is 2. The van der Waals surface area contributed by atoms with Crippen molar-refractivity contribution < 1.29 is 22.8 Å². The topological polar surface area (TPSA) is 72.0 Å². The van der Waals surface area contributed by atoms with Crippen molar-refractivity contribution in [2.75, 3.05) is 0 Å². The largest absolute Gasteiger partial charge is 0.417 e. The minimum absolute atomic E-state index is 0.0519. The van der Waals surface area contributed by atoms with Crippen molar-refractivity contribution in [3.8, 4) is 0 Å². The number of benzene rings is 1. The van der Waals surface area contributed by atoms with E-state index in [1.807, 2.05) is 5.32 Å². The van der Waals surface area contributed by atoms with Crippen LogP contribution in [0, 0.1) is 0 Å². The minimum atomic E-state index is -4.74. The Balaban J connectivity index is 1.93. The molecule has 25 heavy (non-hydrogen) atoms. The Morgan fingerprint density at radius 2 is 1.72 bits per heavy atom. The van der Waals surface area contributed by atoms with Gasteiger partial charge in [-0.25, -0.2) is 0 Å². The maximum atomic E-state index is 13.0. The Morgan fingerprint density at radius 3 is 2.48 bits per heavy atom. The number of halogens is 3. The Morgan fingerprint density at radius 1 is 0.960 bits per heavy atom. The summed E-state index contributed by atoms with van der Waals surface area (Å²) in [7, 11) is 0. The van der Waals surface area contributed by atoms with Crippen LogP contribution in [0.1, 0.15) is 26.4 Å². The molecule has 1 N–H and O–H groups in total. The number of amides is 2. The summed E-state index contributed by atoms with van der Waals surface area (Å²) in [6.07, 6.45) is -1.67. The summed E-state index contributed by atoms with van der Waals surface area (Å²) in [5, 5.41) is 3.14. The Labute approximate surface area is 139 Å². The number of fused-ring (bicyclic) bond motifs is 1. The van der Waals surface area contributed by atoms with Crippen LogP contribution >= 0.6 is 0 Å². The summed E-state index contributed by atoms with van der Waals surface area (Å²) >= 11 is 0. The van der Waals surface area contributed by atoms with E-state index >= 15 is 0 Å². The van der Waals surface area contributed by atoms with Gasteiger partial charge in [0, 0.05) is 24.0 Å². The minimum Gasteiger partial charge on any atom is -0.287 e. The van der Waals surface area contributed by atoms with Gasteiger partial charge in [0.15, 0.2) is 0 Å². The average molecular weight is 345 g/mol. The third kappa shape index (κ3) is 3.32. The zero-order valence-corrected chi connectivity index (χ0v) is 12.5. The first-order valence-corrected chi connectivity index (χ1v) is 7.08. The summed E-state index contributed by atoms with van der Waals surface area (Å²) in [4.78, 5) is 31.9. The van der Waals surface area contributed by atoms with E-state index in [9.17, 15) is 22.8 Å². The van der Waals surface area contributed by atoms with Crippen LogP contribution in [0.5, 0.6) is 0 Å². The fraction of sp³-hybridized carbons (Fsp3) is 0.0588. The zero-order valence-electron chi connectivity index (χ0n) is 12.5. The van der Waals surface area contributed by atoms with Crippen LogP contribution in [0.15, 0.2) is 55.0 Å². The summed E-state index contributed by atoms with van der Waals surface area (Å²) in [6, 6.07) is 9.18. The van der Waals surface area contributed by atoms with E-state index in [1.165, 1.54) is 6.20 Å². The van der Waals surface area contributed by atoms with Gasteiger partial charge in [-0.1, -0.05) is 24.3 Å². The highest BCUT2D eigenvalue weighted by molar-refractivity contribution is 6.14. The van der Waals surface area contributed by atoms with Crippen LogP contribution in [0.2, 0.25) is 0 Å². The van der Waals surface area contributed by atoms with Crippen molar-refractivity contribution in [1.29, 1.82) is 0 Å². The van der Waals surface area contributed by atoms with Crippen molar-refractivity contribution in [2.45, 2.75) is 6.18 Å². The van der Waals surface area contributed by atoms with Gasteiger partial charge in [0.2, 0.25) is 0 Å². The predicted molar refractivity (Wildman–Crippen MR) is 82.8 cm³/mol. The number of hydrogen-bond donors (Lipinski definition) is 1. The van der Waals surface area contributed by atoms with E-state index in [0.717, 1.165) is 12.4 Å². The molecule has 5 nitrogen and oxygen atoms in total. The standard InChI is InChI=1S/C17H10F3N3O2/c18-17(19,20)13-6-7-21-9-12(13)15(24)23-16(25)14-11-4-2-1-3-10(11)5-8-22-14/h1-9H,(H,23,24,25). The lowest BCUT2D eigenvalue weighted by atomic mass is 10.1. The number of carbonyl (C=O) groups is 2. The number of nitrogens with one attached hydrogen (secondary N) is 1. The zero-order chi connectivity index (χ0) is 18.0. The molecule has 2 aromatic heterocycles.